The normalized spacial score (nSPS) is 17.7. The summed E-state index contributed by atoms with van der Waals surface area (Å²) in [5.41, 5.74) is 6.89. The lowest BCUT2D eigenvalue weighted by atomic mass is 9.98. The van der Waals surface area contributed by atoms with E-state index in [1.807, 2.05) is 0 Å². The van der Waals surface area contributed by atoms with Gasteiger partial charge in [-0.15, -0.1) is 0 Å². The van der Waals surface area contributed by atoms with E-state index in [1.54, 1.807) is 23.1 Å². The molecular formula is C17H19FN4O2. The van der Waals surface area contributed by atoms with Crippen molar-refractivity contribution in [3.63, 3.8) is 0 Å². The third kappa shape index (κ3) is 3.45. The molecule has 1 aromatic heterocycles. The molecule has 24 heavy (non-hydrogen) atoms. The van der Waals surface area contributed by atoms with E-state index in [4.69, 9.17) is 5.73 Å². The lowest BCUT2D eigenvalue weighted by Crippen LogP contribution is -2.39. The summed E-state index contributed by atoms with van der Waals surface area (Å²) in [5.74, 6) is -0.947. The quantitative estimate of drug-likeness (QED) is 0.897. The Bertz CT molecular complexity index is 741. The van der Waals surface area contributed by atoms with Gasteiger partial charge in [-0.25, -0.2) is 4.39 Å². The molecule has 1 unspecified atom stereocenters. The standard InChI is InChI=1S/C17H19FN4O2/c18-12-6-4-11(5-7-12)9-16(23)22-8-2-1-3-15(22)13-10-14(17(19)24)21-20-13/h4-7,10,15H,1-3,8-9H2,(H2,19,24)(H,20,21). The Labute approximate surface area is 138 Å². The highest BCUT2D eigenvalue weighted by Crippen LogP contribution is 2.30. The molecule has 0 saturated carbocycles. The van der Waals surface area contributed by atoms with Crippen LogP contribution in [0.3, 0.4) is 0 Å². The largest absolute Gasteiger partial charge is 0.364 e. The summed E-state index contributed by atoms with van der Waals surface area (Å²) in [4.78, 5) is 25.7. The van der Waals surface area contributed by atoms with Crippen LogP contribution in [-0.2, 0) is 11.2 Å². The summed E-state index contributed by atoms with van der Waals surface area (Å²) in [6, 6.07) is 7.40. The monoisotopic (exact) mass is 330 g/mol. The molecule has 126 valence electrons. The van der Waals surface area contributed by atoms with E-state index in [-0.39, 0.29) is 29.9 Å². The number of nitrogens with zero attached hydrogens (tertiary/aromatic N) is 2. The number of likely N-dealkylation sites (tertiary alicyclic amines) is 1. The van der Waals surface area contributed by atoms with E-state index >= 15 is 0 Å². The van der Waals surface area contributed by atoms with Gasteiger partial charge in [0, 0.05) is 6.54 Å². The maximum atomic E-state index is 13.0. The molecule has 1 atom stereocenters. The number of nitrogens with one attached hydrogen (secondary N) is 1. The van der Waals surface area contributed by atoms with Crippen molar-refractivity contribution in [2.24, 2.45) is 5.73 Å². The Morgan fingerprint density at radius 3 is 2.71 bits per heavy atom. The van der Waals surface area contributed by atoms with Gasteiger partial charge in [0.25, 0.3) is 5.91 Å². The molecule has 2 aromatic rings. The average molecular weight is 330 g/mol. The van der Waals surface area contributed by atoms with Crippen LogP contribution in [0.25, 0.3) is 0 Å². The maximum absolute atomic E-state index is 13.0. The van der Waals surface area contributed by atoms with Gasteiger partial charge in [0.15, 0.2) is 0 Å². The highest BCUT2D eigenvalue weighted by atomic mass is 19.1. The van der Waals surface area contributed by atoms with Crippen LogP contribution < -0.4 is 5.73 Å². The van der Waals surface area contributed by atoms with Gasteiger partial charge in [-0.1, -0.05) is 12.1 Å². The van der Waals surface area contributed by atoms with E-state index in [9.17, 15) is 14.0 Å². The van der Waals surface area contributed by atoms with Crippen LogP contribution in [0.2, 0.25) is 0 Å². The Morgan fingerprint density at radius 1 is 1.29 bits per heavy atom. The zero-order valence-corrected chi connectivity index (χ0v) is 13.2. The summed E-state index contributed by atoms with van der Waals surface area (Å²) in [6.07, 6.45) is 2.95. The fourth-order valence-electron chi connectivity index (χ4n) is 3.07. The van der Waals surface area contributed by atoms with Crippen molar-refractivity contribution >= 4 is 11.8 Å². The molecule has 0 spiro atoms. The molecule has 1 aliphatic heterocycles. The van der Waals surface area contributed by atoms with Crippen molar-refractivity contribution in [2.45, 2.75) is 31.7 Å². The number of hydrogen-bond donors (Lipinski definition) is 2. The minimum Gasteiger partial charge on any atom is -0.364 e. The van der Waals surface area contributed by atoms with E-state index < -0.39 is 5.91 Å². The number of primary amides is 1. The number of carbonyl (C=O) groups excluding carboxylic acids is 2. The zero-order chi connectivity index (χ0) is 17.1. The first-order valence-corrected chi connectivity index (χ1v) is 7.93. The third-order valence-corrected chi connectivity index (χ3v) is 4.30. The number of piperidine rings is 1. The fourth-order valence-corrected chi connectivity index (χ4v) is 3.07. The molecule has 1 fully saturated rings. The first-order valence-electron chi connectivity index (χ1n) is 7.93. The summed E-state index contributed by atoms with van der Waals surface area (Å²) >= 11 is 0. The zero-order valence-electron chi connectivity index (χ0n) is 13.2. The van der Waals surface area contributed by atoms with E-state index in [0.29, 0.717) is 6.54 Å². The Hall–Kier alpha value is -2.70. The maximum Gasteiger partial charge on any atom is 0.269 e. The predicted molar refractivity (Wildman–Crippen MR) is 85.5 cm³/mol. The van der Waals surface area contributed by atoms with Crippen molar-refractivity contribution in [1.29, 1.82) is 0 Å². The van der Waals surface area contributed by atoms with Crippen molar-refractivity contribution < 1.29 is 14.0 Å². The van der Waals surface area contributed by atoms with Crippen molar-refractivity contribution in [1.82, 2.24) is 15.1 Å². The van der Waals surface area contributed by atoms with Gasteiger partial charge in [-0.05, 0) is 43.0 Å². The summed E-state index contributed by atoms with van der Waals surface area (Å²) in [5, 5.41) is 6.72. The number of nitrogens with two attached hydrogens (primary N) is 1. The molecular weight excluding hydrogens is 311 g/mol. The van der Waals surface area contributed by atoms with Gasteiger partial charge in [-0.2, -0.15) is 5.10 Å². The molecule has 1 aromatic carbocycles. The number of aromatic amines is 1. The van der Waals surface area contributed by atoms with E-state index in [2.05, 4.69) is 10.2 Å². The van der Waals surface area contributed by atoms with Gasteiger partial charge in [-0.3, -0.25) is 14.7 Å². The lowest BCUT2D eigenvalue weighted by molar-refractivity contribution is -0.134. The summed E-state index contributed by atoms with van der Waals surface area (Å²) in [7, 11) is 0. The van der Waals surface area contributed by atoms with Crippen LogP contribution in [0.1, 0.15) is 47.1 Å². The van der Waals surface area contributed by atoms with Crippen molar-refractivity contribution in [2.75, 3.05) is 6.54 Å². The van der Waals surface area contributed by atoms with Crippen LogP contribution >= 0.6 is 0 Å². The number of halogens is 1. The molecule has 7 heteroatoms. The summed E-state index contributed by atoms with van der Waals surface area (Å²) < 4.78 is 13.0. The molecule has 3 rings (SSSR count). The Morgan fingerprint density at radius 2 is 2.04 bits per heavy atom. The third-order valence-electron chi connectivity index (χ3n) is 4.30. The smallest absolute Gasteiger partial charge is 0.269 e. The van der Waals surface area contributed by atoms with Gasteiger partial charge in [0.1, 0.15) is 11.5 Å². The van der Waals surface area contributed by atoms with Gasteiger partial charge in [0.05, 0.1) is 18.2 Å². The minimum absolute atomic E-state index is 0.0264. The summed E-state index contributed by atoms with van der Waals surface area (Å²) in [6.45, 7) is 0.648. The first kappa shape index (κ1) is 16.2. The highest BCUT2D eigenvalue weighted by Gasteiger charge is 2.29. The van der Waals surface area contributed by atoms with Crippen LogP contribution in [-0.4, -0.2) is 33.5 Å². The van der Waals surface area contributed by atoms with Gasteiger partial charge in [0.2, 0.25) is 5.91 Å². The molecule has 0 radical (unpaired) electrons. The molecule has 6 nitrogen and oxygen atoms in total. The second-order valence-corrected chi connectivity index (χ2v) is 5.97. The van der Waals surface area contributed by atoms with Gasteiger partial charge < -0.3 is 10.6 Å². The molecule has 1 saturated heterocycles. The number of carbonyl (C=O) groups is 2. The Kier molecular flexibility index (Phi) is 4.59. The molecule has 0 bridgehead atoms. The molecule has 0 aliphatic carbocycles. The van der Waals surface area contributed by atoms with E-state index in [1.165, 1.54) is 12.1 Å². The van der Waals surface area contributed by atoms with Crippen LogP contribution in [0.15, 0.2) is 30.3 Å². The van der Waals surface area contributed by atoms with Crippen LogP contribution in [0.5, 0.6) is 0 Å². The van der Waals surface area contributed by atoms with Crippen LogP contribution in [0, 0.1) is 5.82 Å². The number of H-pyrrole nitrogens is 1. The predicted octanol–water partition coefficient (Wildman–Crippen LogP) is 1.94. The number of rotatable bonds is 4. The average Bonchev–Trinajstić information content (AvgIpc) is 3.07. The van der Waals surface area contributed by atoms with Crippen molar-refractivity contribution in [3.8, 4) is 0 Å². The number of amides is 2. The lowest BCUT2D eigenvalue weighted by Gasteiger charge is -2.35. The number of aromatic nitrogens is 2. The Balaban J connectivity index is 1.76. The molecule has 3 N–H and O–H groups in total. The highest BCUT2D eigenvalue weighted by molar-refractivity contribution is 5.90. The van der Waals surface area contributed by atoms with Gasteiger partial charge >= 0.3 is 0 Å². The van der Waals surface area contributed by atoms with Crippen LogP contribution in [0.4, 0.5) is 4.39 Å². The number of benzene rings is 1. The molecule has 2 amide bonds. The minimum atomic E-state index is -0.600. The second kappa shape index (κ2) is 6.82. The van der Waals surface area contributed by atoms with Crippen molar-refractivity contribution in [3.05, 3.63) is 53.1 Å². The van der Waals surface area contributed by atoms with E-state index in [0.717, 1.165) is 30.5 Å². The number of hydrogen-bond acceptors (Lipinski definition) is 3. The first-order chi connectivity index (χ1) is 11.5. The molecule has 2 heterocycles. The topological polar surface area (TPSA) is 92.1 Å². The fraction of sp³-hybridized carbons (Fsp3) is 0.353. The SMILES string of the molecule is NC(=O)c1cc(C2CCCCN2C(=O)Cc2ccc(F)cc2)[nH]n1. The second-order valence-electron chi connectivity index (χ2n) is 5.97. The molecule has 1 aliphatic rings.